The summed E-state index contributed by atoms with van der Waals surface area (Å²) < 4.78 is 0. The molecule has 3 nitrogen and oxygen atoms in total. The van der Waals surface area contributed by atoms with E-state index in [0.29, 0.717) is 24.3 Å². The smallest absolute Gasteiger partial charge is 0.222 e. The lowest BCUT2D eigenvalue weighted by Crippen LogP contribution is -2.31. The largest absolute Gasteiger partial charge is 0.396 e. The van der Waals surface area contributed by atoms with Crippen molar-refractivity contribution in [3.05, 3.63) is 0 Å². The molecule has 1 aliphatic rings. The summed E-state index contributed by atoms with van der Waals surface area (Å²) in [7, 11) is 0. The number of nitrogens with zero attached hydrogens (tertiary/aromatic N) is 1. The lowest BCUT2D eigenvalue weighted by atomic mass is 9.89. The number of aliphatic hydroxyl groups is 1. The Labute approximate surface area is 112 Å². The molecule has 0 radical (unpaired) electrons. The molecular weight excluding hydrogens is 226 g/mol. The highest BCUT2D eigenvalue weighted by atomic mass is 16.2. The molecule has 1 saturated heterocycles. The number of amides is 1. The number of carbonyl (C=O) groups excluding carboxylic acids is 1. The average molecular weight is 255 g/mol. The van der Waals surface area contributed by atoms with E-state index >= 15 is 0 Å². The predicted molar refractivity (Wildman–Crippen MR) is 74.3 cm³/mol. The van der Waals surface area contributed by atoms with Crippen LogP contribution in [0.25, 0.3) is 0 Å². The van der Waals surface area contributed by atoms with Gasteiger partial charge in [-0.15, -0.1) is 0 Å². The maximum atomic E-state index is 12.0. The highest BCUT2D eigenvalue weighted by molar-refractivity contribution is 5.76. The van der Waals surface area contributed by atoms with Gasteiger partial charge in [0.1, 0.15) is 0 Å². The van der Waals surface area contributed by atoms with E-state index in [1.165, 1.54) is 6.42 Å². The highest BCUT2D eigenvalue weighted by Crippen LogP contribution is 2.25. The Balaban J connectivity index is 2.25. The molecule has 18 heavy (non-hydrogen) atoms. The predicted octanol–water partition coefficient (Wildman–Crippen LogP) is 2.82. The second-order valence-electron chi connectivity index (χ2n) is 5.85. The van der Waals surface area contributed by atoms with Gasteiger partial charge in [-0.25, -0.2) is 0 Å². The Morgan fingerprint density at radius 1 is 1.22 bits per heavy atom. The molecule has 0 aromatic carbocycles. The van der Waals surface area contributed by atoms with Gasteiger partial charge in [0.05, 0.1) is 0 Å². The normalized spacial score (nSPS) is 21.4. The summed E-state index contributed by atoms with van der Waals surface area (Å²) >= 11 is 0. The first-order valence-electron chi connectivity index (χ1n) is 7.53. The third kappa shape index (κ3) is 5.38. The Morgan fingerprint density at radius 3 is 2.61 bits per heavy atom. The van der Waals surface area contributed by atoms with Gasteiger partial charge in [-0.2, -0.15) is 0 Å². The maximum Gasteiger partial charge on any atom is 0.222 e. The van der Waals surface area contributed by atoms with E-state index in [4.69, 9.17) is 5.11 Å². The zero-order valence-corrected chi connectivity index (χ0v) is 12.0. The van der Waals surface area contributed by atoms with Gasteiger partial charge in [0.2, 0.25) is 5.91 Å². The second kappa shape index (κ2) is 8.52. The molecule has 106 valence electrons. The number of likely N-dealkylation sites (tertiary alicyclic amines) is 1. The number of hydrogen-bond donors (Lipinski definition) is 1. The van der Waals surface area contributed by atoms with Crippen LogP contribution in [0.4, 0.5) is 0 Å². The molecule has 1 heterocycles. The Morgan fingerprint density at radius 2 is 1.94 bits per heavy atom. The first kappa shape index (κ1) is 15.5. The number of rotatable bonds is 7. The summed E-state index contributed by atoms with van der Waals surface area (Å²) in [6.45, 7) is 6.68. The fraction of sp³-hybridized carbons (Fsp3) is 0.933. The summed E-state index contributed by atoms with van der Waals surface area (Å²) in [6, 6.07) is 0. The quantitative estimate of drug-likeness (QED) is 0.711. The molecule has 1 fully saturated rings. The second-order valence-corrected chi connectivity index (χ2v) is 5.85. The molecule has 1 atom stereocenters. The maximum absolute atomic E-state index is 12.0. The van der Waals surface area contributed by atoms with Crippen molar-refractivity contribution in [1.82, 2.24) is 4.90 Å². The van der Waals surface area contributed by atoms with Crippen LogP contribution in [0.2, 0.25) is 0 Å². The van der Waals surface area contributed by atoms with Crippen LogP contribution >= 0.6 is 0 Å². The van der Waals surface area contributed by atoms with Crippen LogP contribution in [0.15, 0.2) is 0 Å². The summed E-state index contributed by atoms with van der Waals surface area (Å²) in [5.74, 6) is 1.76. The number of unbranched alkanes of at least 4 members (excludes halogenated alkanes) is 3. The van der Waals surface area contributed by atoms with E-state index in [0.717, 1.165) is 51.6 Å². The fourth-order valence-electron chi connectivity index (χ4n) is 2.73. The van der Waals surface area contributed by atoms with Crippen LogP contribution in [0.1, 0.15) is 58.8 Å². The van der Waals surface area contributed by atoms with Gasteiger partial charge < -0.3 is 10.0 Å². The van der Waals surface area contributed by atoms with E-state index in [1.807, 2.05) is 0 Å². The minimum absolute atomic E-state index is 0.290. The molecule has 1 unspecified atom stereocenters. The van der Waals surface area contributed by atoms with Crippen LogP contribution < -0.4 is 0 Å². The molecule has 1 N–H and O–H groups in total. The molecule has 0 aromatic heterocycles. The molecule has 1 amide bonds. The molecule has 1 aliphatic heterocycles. The summed E-state index contributed by atoms with van der Waals surface area (Å²) in [4.78, 5) is 14.0. The molecule has 0 aliphatic carbocycles. The van der Waals surface area contributed by atoms with Crippen LogP contribution in [0, 0.1) is 11.8 Å². The van der Waals surface area contributed by atoms with Gasteiger partial charge in [-0.3, -0.25) is 4.79 Å². The third-order valence-electron chi connectivity index (χ3n) is 4.13. The Bertz CT molecular complexity index is 241. The van der Waals surface area contributed by atoms with Crippen molar-refractivity contribution in [1.29, 1.82) is 0 Å². The number of hydrogen-bond acceptors (Lipinski definition) is 2. The van der Waals surface area contributed by atoms with Crippen LogP contribution in [0.3, 0.4) is 0 Å². The average Bonchev–Trinajstić information content (AvgIpc) is 2.52. The molecule has 3 heteroatoms. The zero-order chi connectivity index (χ0) is 13.4. The summed E-state index contributed by atoms with van der Waals surface area (Å²) in [6.07, 6.45) is 7.14. The monoisotopic (exact) mass is 255 g/mol. The highest BCUT2D eigenvalue weighted by Gasteiger charge is 2.23. The standard InChI is InChI=1S/C15H29NO2/c1-13(2)14-7-8-15(18)16(11-9-14)10-5-3-4-6-12-17/h13-14,17H,3-12H2,1-2H3. The van der Waals surface area contributed by atoms with Gasteiger partial charge >= 0.3 is 0 Å². The van der Waals surface area contributed by atoms with Gasteiger partial charge in [0, 0.05) is 26.1 Å². The van der Waals surface area contributed by atoms with Crippen molar-refractivity contribution in [2.75, 3.05) is 19.7 Å². The van der Waals surface area contributed by atoms with E-state index in [1.54, 1.807) is 0 Å². The summed E-state index contributed by atoms with van der Waals surface area (Å²) in [5.41, 5.74) is 0. The molecule has 0 bridgehead atoms. The lowest BCUT2D eigenvalue weighted by molar-refractivity contribution is -0.130. The van der Waals surface area contributed by atoms with Crippen molar-refractivity contribution in [3.8, 4) is 0 Å². The van der Waals surface area contributed by atoms with Crippen molar-refractivity contribution < 1.29 is 9.90 Å². The lowest BCUT2D eigenvalue weighted by Gasteiger charge is -2.21. The minimum atomic E-state index is 0.290. The zero-order valence-electron chi connectivity index (χ0n) is 12.0. The van der Waals surface area contributed by atoms with Gasteiger partial charge in [-0.1, -0.05) is 26.7 Å². The minimum Gasteiger partial charge on any atom is -0.396 e. The number of aliphatic hydroxyl groups excluding tert-OH is 1. The van der Waals surface area contributed by atoms with Gasteiger partial charge in [-0.05, 0) is 37.5 Å². The molecule has 1 rings (SSSR count). The van der Waals surface area contributed by atoms with Crippen molar-refractivity contribution >= 4 is 5.91 Å². The molecule has 0 aromatic rings. The van der Waals surface area contributed by atoms with Crippen LogP contribution in [-0.2, 0) is 4.79 Å². The van der Waals surface area contributed by atoms with Crippen molar-refractivity contribution in [3.63, 3.8) is 0 Å². The van der Waals surface area contributed by atoms with Crippen LogP contribution in [-0.4, -0.2) is 35.6 Å². The van der Waals surface area contributed by atoms with Crippen molar-refractivity contribution in [2.45, 2.75) is 58.8 Å². The van der Waals surface area contributed by atoms with E-state index < -0.39 is 0 Å². The van der Waals surface area contributed by atoms with Gasteiger partial charge in [0.25, 0.3) is 0 Å². The molecular formula is C15H29NO2. The Hall–Kier alpha value is -0.570. The first-order chi connectivity index (χ1) is 8.65. The molecule has 0 spiro atoms. The fourth-order valence-corrected chi connectivity index (χ4v) is 2.73. The van der Waals surface area contributed by atoms with Crippen LogP contribution in [0.5, 0.6) is 0 Å². The Kier molecular flexibility index (Phi) is 7.33. The SMILES string of the molecule is CC(C)C1CCC(=O)N(CCCCCCO)CC1. The number of carbonyl (C=O) groups is 1. The molecule has 0 saturated carbocycles. The van der Waals surface area contributed by atoms with E-state index in [9.17, 15) is 4.79 Å². The topological polar surface area (TPSA) is 40.5 Å². The summed E-state index contributed by atoms with van der Waals surface area (Å²) in [5, 5.41) is 8.71. The van der Waals surface area contributed by atoms with E-state index in [-0.39, 0.29) is 0 Å². The third-order valence-corrected chi connectivity index (χ3v) is 4.13. The first-order valence-corrected chi connectivity index (χ1v) is 7.53. The van der Waals surface area contributed by atoms with Crippen molar-refractivity contribution in [2.24, 2.45) is 11.8 Å². The van der Waals surface area contributed by atoms with E-state index in [2.05, 4.69) is 18.7 Å². The van der Waals surface area contributed by atoms with Gasteiger partial charge in [0.15, 0.2) is 0 Å².